The summed E-state index contributed by atoms with van der Waals surface area (Å²) in [5.41, 5.74) is 1.26. The second-order valence-electron chi connectivity index (χ2n) is 5.54. The van der Waals surface area contributed by atoms with E-state index in [0.717, 1.165) is 32.5 Å². The standard InChI is InChI=1S/C17H27N3O.ClH/c1-3-20(4-2)16(14-9-6-5-7-10-14)13-19-17(21)15-11-8-12-18-15;/h5-7,9-10,15-16,18H,3-4,8,11-13H2,1-2H3,(H,19,21);1H. The molecule has 2 rings (SSSR count). The van der Waals surface area contributed by atoms with Gasteiger partial charge in [0, 0.05) is 6.54 Å². The monoisotopic (exact) mass is 325 g/mol. The van der Waals surface area contributed by atoms with Crippen LogP contribution in [-0.2, 0) is 4.79 Å². The molecule has 1 aromatic carbocycles. The second kappa shape index (κ2) is 9.82. The van der Waals surface area contributed by atoms with Crippen LogP contribution in [0.4, 0.5) is 0 Å². The summed E-state index contributed by atoms with van der Waals surface area (Å²) in [4.78, 5) is 14.6. The summed E-state index contributed by atoms with van der Waals surface area (Å²) in [7, 11) is 0. The fourth-order valence-electron chi connectivity index (χ4n) is 3.03. The molecule has 2 atom stereocenters. The Morgan fingerprint density at radius 1 is 1.32 bits per heavy atom. The predicted octanol–water partition coefficient (Wildman–Crippen LogP) is 2.36. The summed E-state index contributed by atoms with van der Waals surface area (Å²) in [5, 5.41) is 6.38. The Morgan fingerprint density at radius 2 is 2.00 bits per heavy atom. The maximum absolute atomic E-state index is 12.2. The minimum absolute atomic E-state index is 0. The third-order valence-corrected chi connectivity index (χ3v) is 4.28. The molecule has 0 aromatic heterocycles. The molecule has 124 valence electrons. The number of likely N-dealkylation sites (N-methyl/N-ethyl adjacent to an activating group) is 1. The first kappa shape index (κ1) is 18.9. The van der Waals surface area contributed by atoms with Gasteiger partial charge in [-0.05, 0) is 38.0 Å². The number of nitrogens with one attached hydrogen (secondary N) is 2. The number of carbonyl (C=O) groups excluding carboxylic acids is 1. The molecule has 2 unspecified atom stereocenters. The molecule has 2 N–H and O–H groups in total. The number of hydrogen-bond donors (Lipinski definition) is 2. The summed E-state index contributed by atoms with van der Waals surface area (Å²) < 4.78 is 0. The van der Waals surface area contributed by atoms with E-state index in [1.54, 1.807) is 0 Å². The summed E-state index contributed by atoms with van der Waals surface area (Å²) in [6.45, 7) is 7.92. The maximum atomic E-state index is 12.2. The summed E-state index contributed by atoms with van der Waals surface area (Å²) >= 11 is 0. The third kappa shape index (κ3) is 4.97. The summed E-state index contributed by atoms with van der Waals surface area (Å²) in [6, 6.07) is 10.7. The van der Waals surface area contributed by atoms with E-state index in [0.29, 0.717) is 6.54 Å². The highest BCUT2D eigenvalue weighted by molar-refractivity contribution is 5.85. The molecule has 0 spiro atoms. The van der Waals surface area contributed by atoms with E-state index in [4.69, 9.17) is 0 Å². The lowest BCUT2D eigenvalue weighted by Gasteiger charge is -2.30. The molecule has 1 amide bonds. The van der Waals surface area contributed by atoms with E-state index >= 15 is 0 Å². The van der Waals surface area contributed by atoms with Crippen molar-refractivity contribution in [1.29, 1.82) is 0 Å². The van der Waals surface area contributed by atoms with Crippen LogP contribution in [0.3, 0.4) is 0 Å². The number of halogens is 1. The highest BCUT2D eigenvalue weighted by Gasteiger charge is 2.24. The topological polar surface area (TPSA) is 44.4 Å². The number of nitrogens with zero attached hydrogens (tertiary/aromatic N) is 1. The van der Waals surface area contributed by atoms with E-state index in [-0.39, 0.29) is 30.4 Å². The summed E-state index contributed by atoms with van der Waals surface area (Å²) in [6.07, 6.45) is 2.04. The fourth-order valence-corrected chi connectivity index (χ4v) is 3.03. The highest BCUT2D eigenvalue weighted by Crippen LogP contribution is 2.19. The predicted molar refractivity (Wildman–Crippen MR) is 93.4 cm³/mol. The molecule has 5 heteroatoms. The van der Waals surface area contributed by atoms with Crippen LogP contribution >= 0.6 is 12.4 Å². The Kier molecular flexibility index (Phi) is 8.46. The van der Waals surface area contributed by atoms with Gasteiger partial charge in [-0.2, -0.15) is 0 Å². The van der Waals surface area contributed by atoms with Gasteiger partial charge in [-0.25, -0.2) is 0 Å². The van der Waals surface area contributed by atoms with Crippen LogP contribution in [0.15, 0.2) is 30.3 Å². The number of benzene rings is 1. The zero-order valence-electron chi connectivity index (χ0n) is 13.5. The number of amides is 1. The van der Waals surface area contributed by atoms with Crippen LogP contribution in [0, 0.1) is 0 Å². The molecule has 0 radical (unpaired) electrons. The molecule has 1 aliphatic heterocycles. The zero-order valence-corrected chi connectivity index (χ0v) is 14.4. The van der Waals surface area contributed by atoms with Crippen LogP contribution in [0.2, 0.25) is 0 Å². The molecule has 1 saturated heterocycles. The molecular formula is C17H28ClN3O. The van der Waals surface area contributed by atoms with Gasteiger partial charge < -0.3 is 10.6 Å². The van der Waals surface area contributed by atoms with E-state index in [1.807, 2.05) is 6.07 Å². The van der Waals surface area contributed by atoms with E-state index in [1.165, 1.54) is 5.56 Å². The number of rotatable bonds is 7. The smallest absolute Gasteiger partial charge is 0.237 e. The lowest BCUT2D eigenvalue weighted by Crippen LogP contribution is -2.44. The van der Waals surface area contributed by atoms with Gasteiger partial charge in [0.1, 0.15) is 0 Å². The molecule has 1 aromatic rings. The number of hydrogen-bond acceptors (Lipinski definition) is 3. The van der Waals surface area contributed by atoms with Crippen molar-refractivity contribution in [1.82, 2.24) is 15.5 Å². The minimum Gasteiger partial charge on any atom is -0.353 e. The van der Waals surface area contributed by atoms with Crippen LogP contribution in [0.1, 0.15) is 38.3 Å². The van der Waals surface area contributed by atoms with Gasteiger partial charge >= 0.3 is 0 Å². The zero-order chi connectivity index (χ0) is 15.1. The Labute approximate surface area is 140 Å². The molecule has 1 heterocycles. The van der Waals surface area contributed by atoms with Crippen LogP contribution in [0.5, 0.6) is 0 Å². The van der Waals surface area contributed by atoms with Gasteiger partial charge in [-0.3, -0.25) is 9.69 Å². The fraction of sp³-hybridized carbons (Fsp3) is 0.588. The van der Waals surface area contributed by atoms with Crippen LogP contribution in [0.25, 0.3) is 0 Å². The van der Waals surface area contributed by atoms with E-state index < -0.39 is 0 Å². The highest BCUT2D eigenvalue weighted by atomic mass is 35.5. The van der Waals surface area contributed by atoms with Crippen LogP contribution < -0.4 is 10.6 Å². The SMILES string of the molecule is CCN(CC)C(CNC(=O)C1CCCN1)c1ccccc1.Cl. The van der Waals surface area contributed by atoms with Gasteiger partial charge in [0.2, 0.25) is 5.91 Å². The van der Waals surface area contributed by atoms with Crippen molar-refractivity contribution < 1.29 is 4.79 Å². The van der Waals surface area contributed by atoms with Crippen molar-refractivity contribution in [2.75, 3.05) is 26.2 Å². The molecule has 22 heavy (non-hydrogen) atoms. The first-order chi connectivity index (χ1) is 10.3. The van der Waals surface area contributed by atoms with E-state index in [9.17, 15) is 4.79 Å². The van der Waals surface area contributed by atoms with Crippen molar-refractivity contribution in [3.8, 4) is 0 Å². The van der Waals surface area contributed by atoms with Crippen molar-refractivity contribution in [3.63, 3.8) is 0 Å². The largest absolute Gasteiger partial charge is 0.353 e. The third-order valence-electron chi connectivity index (χ3n) is 4.28. The lowest BCUT2D eigenvalue weighted by atomic mass is 10.0. The molecule has 1 fully saturated rings. The van der Waals surface area contributed by atoms with Crippen molar-refractivity contribution in [3.05, 3.63) is 35.9 Å². The van der Waals surface area contributed by atoms with Gasteiger partial charge in [0.05, 0.1) is 12.1 Å². The van der Waals surface area contributed by atoms with Gasteiger partial charge in [0.15, 0.2) is 0 Å². The van der Waals surface area contributed by atoms with Gasteiger partial charge in [0.25, 0.3) is 0 Å². The lowest BCUT2D eigenvalue weighted by molar-refractivity contribution is -0.123. The Morgan fingerprint density at radius 3 is 2.55 bits per heavy atom. The molecule has 4 nitrogen and oxygen atoms in total. The Hall–Kier alpha value is -1.10. The quantitative estimate of drug-likeness (QED) is 0.809. The molecule has 0 bridgehead atoms. The minimum atomic E-state index is -0.00173. The summed E-state index contributed by atoms with van der Waals surface area (Å²) in [5.74, 6) is 0.139. The normalized spacial score (nSPS) is 18.8. The first-order valence-electron chi connectivity index (χ1n) is 8.06. The molecule has 1 aliphatic rings. The van der Waals surface area contributed by atoms with Gasteiger partial charge in [-0.15, -0.1) is 12.4 Å². The van der Waals surface area contributed by atoms with Crippen molar-refractivity contribution in [2.45, 2.75) is 38.8 Å². The molecule has 0 saturated carbocycles. The molecule has 0 aliphatic carbocycles. The average molecular weight is 326 g/mol. The Balaban J connectivity index is 0.00000242. The number of carbonyl (C=O) groups is 1. The van der Waals surface area contributed by atoms with E-state index in [2.05, 4.69) is 53.6 Å². The van der Waals surface area contributed by atoms with Crippen LogP contribution in [-0.4, -0.2) is 43.0 Å². The maximum Gasteiger partial charge on any atom is 0.237 e. The van der Waals surface area contributed by atoms with Crippen molar-refractivity contribution in [2.24, 2.45) is 0 Å². The average Bonchev–Trinajstić information content (AvgIpc) is 3.06. The second-order valence-corrected chi connectivity index (χ2v) is 5.54. The van der Waals surface area contributed by atoms with Crippen molar-refractivity contribution >= 4 is 18.3 Å². The first-order valence-corrected chi connectivity index (χ1v) is 8.06. The van der Waals surface area contributed by atoms with Gasteiger partial charge in [-0.1, -0.05) is 44.2 Å². The Bertz CT molecular complexity index is 431. The molecular weight excluding hydrogens is 298 g/mol.